The fourth-order valence-electron chi connectivity index (χ4n) is 3.00. The number of hydrogen-bond acceptors (Lipinski definition) is 2. The average Bonchev–Trinajstić information content (AvgIpc) is 3.01. The van der Waals surface area contributed by atoms with Crippen molar-refractivity contribution in [3.63, 3.8) is 0 Å². The lowest BCUT2D eigenvalue weighted by Crippen LogP contribution is -2.50. The first-order valence-corrected chi connectivity index (χ1v) is 7.15. The van der Waals surface area contributed by atoms with E-state index in [4.69, 9.17) is 0 Å². The smallest absolute Gasteiger partial charge is 0.0197 e. The van der Waals surface area contributed by atoms with Gasteiger partial charge in [-0.25, -0.2) is 0 Å². The molecule has 2 rings (SSSR count). The lowest BCUT2D eigenvalue weighted by Gasteiger charge is -2.38. The molecule has 2 nitrogen and oxygen atoms in total. The third-order valence-corrected chi connectivity index (χ3v) is 4.02. The van der Waals surface area contributed by atoms with E-state index >= 15 is 0 Å². The first-order valence-electron chi connectivity index (χ1n) is 7.15. The van der Waals surface area contributed by atoms with E-state index in [1.54, 1.807) is 0 Å². The molecule has 2 aliphatic rings. The van der Waals surface area contributed by atoms with Gasteiger partial charge in [0.2, 0.25) is 0 Å². The Balaban J connectivity index is 1.75. The van der Waals surface area contributed by atoms with Crippen LogP contribution in [0, 0.1) is 5.92 Å². The van der Waals surface area contributed by atoms with Gasteiger partial charge in [0.15, 0.2) is 0 Å². The second kappa shape index (κ2) is 5.50. The van der Waals surface area contributed by atoms with Crippen LogP contribution in [0.1, 0.15) is 52.9 Å². The predicted octanol–water partition coefficient (Wildman–Crippen LogP) is 2.64. The maximum absolute atomic E-state index is 3.69. The quantitative estimate of drug-likeness (QED) is 0.772. The molecule has 2 atom stereocenters. The van der Waals surface area contributed by atoms with E-state index in [1.807, 2.05) is 0 Å². The molecular weight excluding hydrogens is 196 g/mol. The molecule has 16 heavy (non-hydrogen) atoms. The van der Waals surface area contributed by atoms with Crippen molar-refractivity contribution in [3.8, 4) is 0 Å². The molecule has 0 aromatic heterocycles. The number of nitrogens with one attached hydrogen (secondary N) is 1. The van der Waals surface area contributed by atoms with E-state index in [0.29, 0.717) is 6.04 Å². The van der Waals surface area contributed by atoms with Crippen LogP contribution in [0.3, 0.4) is 0 Å². The third-order valence-electron chi connectivity index (χ3n) is 4.02. The van der Waals surface area contributed by atoms with E-state index < -0.39 is 0 Å². The molecule has 1 aliphatic carbocycles. The van der Waals surface area contributed by atoms with Crippen molar-refractivity contribution in [2.75, 3.05) is 13.1 Å². The van der Waals surface area contributed by atoms with Crippen LogP contribution in [0.5, 0.6) is 0 Å². The van der Waals surface area contributed by atoms with Crippen LogP contribution in [0.4, 0.5) is 0 Å². The van der Waals surface area contributed by atoms with Gasteiger partial charge < -0.3 is 5.32 Å². The molecule has 1 saturated heterocycles. The van der Waals surface area contributed by atoms with Gasteiger partial charge in [-0.2, -0.15) is 0 Å². The normalized spacial score (nSPS) is 29.6. The molecule has 2 unspecified atom stereocenters. The maximum Gasteiger partial charge on any atom is 0.0197 e. The summed E-state index contributed by atoms with van der Waals surface area (Å²) >= 11 is 0. The lowest BCUT2D eigenvalue weighted by molar-refractivity contribution is 0.133. The van der Waals surface area contributed by atoms with E-state index in [2.05, 4.69) is 31.0 Å². The average molecular weight is 224 g/mol. The highest BCUT2D eigenvalue weighted by atomic mass is 15.2. The van der Waals surface area contributed by atoms with Crippen molar-refractivity contribution in [1.29, 1.82) is 0 Å². The highest BCUT2D eigenvalue weighted by molar-refractivity contribution is 4.85. The van der Waals surface area contributed by atoms with E-state index in [-0.39, 0.29) is 0 Å². The van der Waals surface area contributed by atoms with Gasteiger partial charge in [0.05, 0.1) is 0 Å². The molecule has 2 fully saturated rings. The van der Waals surface area contributed by atoms with Gasteiger partial charge in [0, 0.05) is 24.7 Å². The summed E-state index contributed by atoms with van der Waals surface area (Å²) in [4.78, 5) is 2.71. The molecule has 94 valence electrons. The van der Waals surface area contributed by atoms with Crippen LogP contribution in [0.25, 0.3) is 0 Å². The summed E-state index contributed by atoms with van der Waals surface area (Å²) in [6, 6.07) is 2.17. The number of likely N-dealkylation sites (tertiary alicyclic amines) is 1. The SMILES string of the molecule is CC(C)NC1CCCN(C(C)CC2CC2)C1. The summed E-state index contributed by atoms with van der Waals surface area (Å²) in [5.74, 6) is 1.06. The molecule has 0 radical (unpaired) electrons. The first kappa shape index (κ1) is 12.4. The van der Waals surface area contributed by atoms with Crippen molar-refractivity contribution in [3.05, 3.63) is 0 Å². The van der Waals surface area contributed by atoms with Crippen molar-refractivity contribution in [2.45, 2.75) is 71.0 Å². The van der Waals surface area contributed by atoms with Crippen molar-refractivity contribution >= 4 is 0 Å². The zero-order chi connectivity index (χ0) is 11.5. The summed E-state index contributed by atoms with van der Waals surface area (Å²) in [5.41, 5.74) is 0. The molecule has 0 spiro atoms. The van der Waals surface area contributed by atoms with Gasteiger partial charge >= 0.3 is 0 Å². The number of hydrogen-bond donors (Lipinski definition) is 1. The number of rotatable bonds is 5. The Labute approximate surface area is 101 Å². The first-order chi connectivity index (χ1) is 7.65. The predicted molar refractivity (Wildman–Crippen MR) is 69.7 cm³/mol. The van der Waals surface area contributed by atoms with Gasteiger partial charge in [-0.05, 0) is 38.6 Å². The monoisotopic (exact) mass is 224 g/mol. The van der Waals surface area contributed by atoms with Crippen molar-refractivity contribution in [1.82, 2.24) is 10.2 Å². The van der Waals surface area contributed by atoms with Crippen LogP contribution in [-0.4, -0.2) is 36.1 Å². The summed E-state index contributed by atoms with van der Waals surface area (Å²) in [7, 11) is 0. The molecule has 0 bridgehead atoms. The molecule has 0 aromatic carbocycles. The third kappa shape index (κ3) is 3.74. The lowest BCUT2D eigenvalue weighted by atomic mass is 10.0. The highest BCUT2D eigenvalue weighted by Gasteiger charge is 2.29. The van der Waals surface area contributed by atoms with E-state index in [9.17, 15) is 0 Å². The topological polar surface area (TPSA) is 15.3 Å². The standard InChI is InChI=1S/C14H28N2/c1-11(2)15-14-5-4-8-16(10-14)12(3)9-13-6-7-13/h11-15H,4-10H2,1-3H3. The Morgan fingerprint density at radius 3 is 2.56 bits per heavy atom. The Kier molecular flexibility index (Phi) is 4.26. The number of nitrogens with zero attached hydrogens (tertiary/aromatic N) is 1. The van der Waals surface area contributed by atoms with E-state index in [0.717, 1.165) is 18.0 Å². The summed E-state index contributed by atoms with van der Waals surface area (Å²) in [5, 5.41) is 3.69. The minimum Gasteiger partial charge on any atom is -0.311 e. The zero-order valence-electron chi connectivity index (χ0n) is 11.2. The molecule has 1 heterocycles. The Morgan fingerprint density at radius 2 is 1.94 bits per heavy atom. The van der Waals surface area contributed by atoms with Crippen LogP contribution < -0.4 is 5.32 Å². The van der Waals surface area contributed by atoms with Crippen LogP contribution >= 0.6 is 0 Å². The summed E-state index contributed by atoms with van der Waals surface area (Å²) in [6.07, 6.45) is 7.16. The Bertz CT molecular complexity index is 209. The maximum atomic E-state index is 3.69. The number of piperidine rings is 1. The summed E-state index contributed by atoms with van der Waals surface area (Å²) in [6.45, 7) is 9.53. The van der Waals surface area contributed by atoms with Crippen molar-refractivity contribution < 1.29 is 0 Å². The van der Waals surface area contributed by atoms with Gasteiger partial charge in [0.1, 0.15) is 0 Å². The van der Waals surface area contributed by atoms with Gasteiger partial charge in [0.25, 0.3) is 0 Å². The van der Waals surface area contributed by atoms with Gasteiger partial charge in [-0.1, -0.05) is 26.7 Å². The van der Waals surface area contributed by atoms with Crippen LogP contribution in [-0.2, 0) is 0 Å². The fourth-order valence-corrected chi connectivity index (χ4v) is 3.00. The molecule has 2 heteroatoms. The molecule has 0 amide bonds. The minimum absolute atomic E-state index is 0.628. The Morgan fingerprint density at radius 1 is 1.19 bits per heavy atom. The molecule has 1 N–H and O–H groups in total. The van der Waals surface area contributed by atoms with Gasteiger partial charge in [-0.15, -0.1) is 0 Å². The zero-order valence-corrected chi connectivity index (χ0v) is 11.2. The van der Waals surface area contributed by atoms with Crippen LogP contribution in [0.15, 0.2) is 0 Å². The Hall–Kier alpha value is -0.0800. The highest BCUT2D eigenvalue weighted by Crippen LogP contribution is 2.35. The van der Waals surface area contributed by atoms with Crippen molar-refractivity contribution in [2.24, 2.45) is 5.92 Å². The second-order valence-corrected chi connectivity index (χ2v) is 6.18. The molecule has 1 saturated carbocycles. The van der Waals surface area contributed by atoms with Gasteiger partial charge in [-0.3, -0.25) is 4.90 Å². The van der Waals surface area contributed by atoms with Crippen LogP contribution in [0.2, 0.25) is 0 Å². The summed E-state index contributed by atoms with van der Waals surface area (Å²) < 4.78 is 0. The second-order valence-electron chi connectivity index (χ2n) is 6.18. The van der Waals surface area contributed by atoms with E-state index in [1.165, 1.54) is 45.2 Å². The fraction of sp³-hybridized carbons (Fsp3) is 1.00. The molecule has 0 aromatic rings. The molecule has 1 aliphatic heterocycles. The minimum atomic E-state index is 0.628. The largest absolute Gasteiger partial charge is 0.311 e. The molecular formula is C14H28N2.